The van der Waals surface area contributed by atoms with Crippen LogP contribution in [0.15, 0.2) is 45.5 Å². The molecule has 6 nitrogen and oxygen atoms in total. The van der Waals surface area contributed by atoms with Crippen molar-refractivity contribution in [1.82, 2.24) is 10.1 Å². The average molecular weight is 319 g/mol. The summed E-state index contributed by atoms with van der Waals surface area (Å²) in [5.41, 5.74) is 1.13. The normalized spacial score (nSPS) is 10.6. The second kappa shape index (κ2) is 6.03. The maximum atomic E-state index is 11.8. The first-order chi connectivity index (χ1) is 10.6. The number of esters is 1. The molecule has 2 aromatic heterocycles. The van der Waals surface area contributed by atoms with Gasteiger partial charge in [0.1, 0.15) is 11.3 Å². The topological polar surface area (TPSA) is 78.4 Å². The van der Waals surface area contributed by atoms with Gasteiger partial charge in [0, 0.05) is 10.6 Å². The molecule has 3 aromatic rings. The third kappa shape index (κ3) is 3.01. The van der Waals surface area contributed by atoms with Crippen LogP contribution in [0.25, 0.3) is 11.4 Å². The molecule has 112 valence electrons. The van der Waals surface area contributed by atoms with E-state index < -0.39 is 5.97 Å². The van der Waals surface area contributed by atoms with Gasteiger partial charge >= 0.3 is 5.97 Å². The third-order valence-electron chi connectivity index (χ3n) is 2.98. The number of nitrogens with zero attached hydrogens (tertiary/aromatic N) is 2. The number of furan rings is 1. The number of ether oxygens (including phenoxy) is 1. The highest BCUT2D eigenvalue weighted by Crippen LogP contribution is 2.19. The van der Waals surface area contributed by atoms with Crippen LogP contribution in [0.5, 0.6) is 0 Å². The molecule has 0 saturated heterocycles. The van der Waals surface area contributed by atoms with E-state index in [0.29, 0.717) is 22.2 Å². The van der Waals surface area contributed by atoms with Crippen LogP contribution in [-0.2, 0) is 11.3 Å². The van der Waals surface area contributed by atoms with Crippen LogP contribution in [0.1, 0.15) is 22.0 Å². The first kappa shape index (κ1) is 14.3. The quantitative estimate of drug-likeness (QED) is 0.683. The van der Waals surface area contributed by atoms with Gasteiger partial charge in [0.2, 0.25) is 5.82 Å². The van der Waals surface area contributed by atoms with Crippen molar-refractivity contribution in [3.63, 3.8) is 0 Å². The Balaban J connectivity index is 1.66. The number of hydrogen-bond donors (Lipinski definition) is 0. The van der Waals surface area contributed by atoms with Gasteiger partial charge in [0.25, 0.3) is 5.89 Å². The fraction of sp³-hybridized carbons (Fsp3) is 0.133. The minimum atomic E-state index is -0.502. The first-order valence-corrected chi connectivity index (χ1v) is 6.81. The number of carbonyl (C=O) groups excluding carboxylic acids is 1. The Morgan fingerprint density at radius 1 is 1.27 bits per heavy atom. The summed E-state index contributed by atoms with van der Waals surface area (Å²) >= 11 is 5.82. The van der Waals surface area contributed by atoms with Crippen molar-refractivity contribution in [3.8, 4) is 11.4 Å². The lowest BCUT2D eigenvalue weighted by atomic mass is 10.2. The van der Waals surface area contributed by atoms with E-state index in [2.05, 4.69) is 10.1 Å². The Morgan fingerprint density at radius 2 is 2.05 bits per heavy atom. The molecule has 22 heavy (non-hydrogen) atoms. The summed E-state index contributed by atoms with van der Waals surface area (Å²) in [7, 11) is 0. The summed E-state index contributed by atoms with van der Waals surface area (Å²) in [6, 6.07) is 8.56. The van der Waals surface area contributed by atoms with E-state index >= 15 is 0 Å². The van der Waals surface area contributed by atoms with Gasteiger partial charge < -0.3 is 13.7 Å². The predicted molar refractivity (Wildman–Crippen MR) is 77.3 cm³/mol. The van der Waals surface area contributed by atoms with Crippen molar-refractivity contribution >= 4 is 17.6 Å². The number of carbonyl (C=O) groups is 1. The molecule has 0 radical (unpaired) electrons. The smallest absolute Gasteiger partial charge is 0.342 e. The molecule has 2 heterocycles. The lowest BCUT2D eigenvalue weighted by molar-refractivity contribution is 0.0428. The third-order valence-corrected chi connectivity index (χ3v) is 3.23. The predicted octanol–water partition coefficient (Wildman–Crippen LogP) is 3.65. The van der Waals surface area contributed by atoms with Crippen LogP contribution in [-0.4, -0.2) is 16.1 Å². The van der Waals surface area contributed by atoms with Crippen LogP contribution in [0.3, 0.4) is 0 Å². The molecule has 1 aromatic carbocycles. The molecule has 0 N–H and O–H groups in total. The van der Waals surface area contributed by atoms with Gasteiger partial charge in [-0.2, -0.15) is 4.98 Å². The summed E-state index contributed by atoms with van der Waals surface area (Å²) in [6.45, 7) is 1.58. The standard InChI is InChI=1S/C15H11ClN2O4/c1-9-12(6-7-20-9)15(19)21-8-13-17-14(18-22-13)10-2-4-11(16)5-3-10/h2-7H,8H2,1H3. The van der Waals surface area contributed by atoms with Gasteiger partial charge in [-0.05, 0) is 37.3 Å². The minimum Gasteiger partial charge on any atom is -0.469 e. The number of benzene rings is 1. The summed E-state index contributed by atoms with van der Waals surface area (Å²) < 4.78 is 15.2. The molecule has 0 saturated carbocycles. The van der Waals surface area contributed by atoms with Gasteiger partial charge in [-0.1, -0.05) is 16.8 Å². The van der Waals surface area contributed by atoms with E-state index in [1.165, 1.54) is 6.26 Å². The summed E-state index contributed by atoms with van der Waals surface area (Å²) in [6.07, 6.45) is 1.43. The average Bonchev–Trinajstić information content (AvgIpc) is 3.14. The fourth-order valence-electron chi connectivity index (χ4n) is 1.83. The van der Waals surface area contributed by atoms with Crippen LogP contribution >= 0.6 is 11.6 Å². The van der Waals surface area contributed by atoms with Gasteiger partial charge in [-0.3, -0.25) is 0 Å². The van der Waals surface area contributed by atoms with E-state index in [-0.39, 0.29) is 12.5 Å². The summed E-state index contributed by atoms with van der Waals surface area (Å²) in [4.78, 5) is 16.0. The molecule has 7 heteroatoms. The number of hydrogen-bond acceptors (Lipinski definition) is 6. The molecule has 0 aliphatic rings. The van der Waals surface area contributed by atoms with Crippen molar-refractivity contribution in [3.05, 3.63) is 58.8 Å². The molecule has 0 amide bonds. The van der Waals surface area contributed by atoms with Crippen LogP contribution in [0.4, 0.5) is 0 Å². The Morgan fingerprint density at radius 3 is 2.73 bits per heavy atom. The highest BCUT2D eigenvalue weighted by molar-refractivity contribution is 6.30. The lowest BCUT2D eigenvalue weighted by Gasteiger charge is -1.99. The zero-order valence-corrected chi connectivity index (χ0v) is 12.3. The van der Waals surface area contributed by atoms with Crippen LogP contribution in [0.2, 0.25) is 5.02 Å². The number of halogens is 1. The van der Waals surface area contributed by atoms with Gasteiger partial charge in [0.15, 0.2) is 6.61 Å². The molecular weight excluding hydrogens is 308 g/mol. The van der Waals surface area contributed by atoms with Crippen molar-refractivity contribution in [2.75, 3.05) is 0 Å². The first-order valence-electron chi connectivity index (χ1n) is 6.43. The SMILES string of the molecule is Cc1occc1C(=O)OCc1nc(-c2ccc(Cl)cc2)no1. The molecule has 0 aliphatic carbocycles. The molecule has 0 fully saturated rings. The Hall–Kier alpha value is -2.60. The number of aryl methyl sites for hydroxylation is 1. The monoisotopic (exact) mass is 318 g/mol. The molecule has 0 bridgehead atoms. The molecule has 0 aliphatic heterocycles. The van der Waals surface area contributed by atoms with Crippen molar-refractivity contribution in [1.29, 1.82) is 0 Å². The lowest BCUT2D eigenvalue weighted by Crippen LogP contribution is -2.05. The molecule has 0 atom stereocenters. The second-order valence-electron chi connectivity index (χ2n) is 4.49. The zero-order valence-electron chi connectivity index (χ0n) is 11.6. The van der Waals surface area contributed by atoms with Crippen LogP contribution in [0, 0.1) is 6.92 Å². The number of aromatic nitrogens is 2. The van der Waals surface area contributed by atoms with E-state index in [1.54, 1.807) is 37.3 Å². The Bertz CT molecular complexity index is 792. The van der Waals surface area contributed by atoms with Crippen molar-refractivity contribution in [2.24, 2.45) is 0 Å². The van der Waals surface area contributed by atoms with Crippen molar-refractivity contribution < 1.29 is 18.5 Å². The Labute approximate surface area is 130 Å². The Kier molecular flexibility index (Phi) is 3.93. The zero-order chi connectivity index (χ0) is 15.5. The highest BCUT2D eigenvalue weighted by atomic mass is 35.5. The van der Waals surface area contributed by atoms with Gasteiger partial charge in [0.05, 0.1) is 6.26 Å². The van der Waals surface area contributed by atoms with Gasteiger partial charge in [-0.25, -0.2) is 4.79 Å². The van der Waals surface area contributed by atoms with Gasteiger partial charge in [-0.15, -0.1) is 0 Å². The minimum absolute atomic E-state index is 0.107. The summed E-state index contributed by atoms with van der Waals surface area (Å²) in [5, 5.41) is 4.46. The van der Waals surface area contributed by atoms with Crippen molar-refractivity contribution in [2.45, 2.75) is 13.5 Å². The molecule has 3 rings (SSSR count). The summed E-state index contributed by atoms with van der Waals surface area (Å²) in [5.74, 6) is 0.608. The molecule has 0 unspecified atom stereocenters. The maximum Gasteiger partial charge on any atom is 0.342 e. The van der Waals surface area contributed by atoms with E-state index in [4.69, 9.17) is 25.3 Å². The second-order valence-corrected chi connectivity index (χ2v) is 4.92. The maximum absolute atomic E-state index is 11.8. The largest absolute Gasteiger partial charge is 0.469 e. The van der Waals surface area contributed by atoms with E-state index in [9.17, 15) is 4.79 Å². The van der Waals surface area contributed by atoms with Crippen LogP contribution < -0.4 is 0 Å². The van der Waals surface area contributed by atoms with E-state index in [0.717, 1.165) is 5.56 Å². The van der Waals surface area contributed by atoms with E-state index in [1.807, 2.05) is 0 Å². The molecular formula is C15H11ClN2O4. The highest BCUT2D eigenvalue weighted by Gasteiger charge is 2.15. The number of rotatable bonds is 4. The fourth-order valence-corrected chi connectivity index (χ4v) is 1.96. The molecule has 0 spiro atoms.